The Morgan fingerprint density at radius 2 is 1.71 bits per heavy atom. The molecule has 2 nitrogen and oxygen atoms in total. The molecule has 1 unspecified atom stereocenters. The molecule has 2 heteroatoms. The third-order valence-corrected chi connectivity index (χ3v) is 3.07. The van der Waals surface area contributed by atoms with Gasteiger partial charge in [-0.1, -0.05) is 48.1 Å². The summed E-state index contributed by atoms with van der Waals surface area (Å²) in [6.45, 7) is 2.02. The Morgan fingerprint density at radius 1 is 1.06 bits per heavy atom. The minimum atomic E-state index is -1.08. The summed E-state index contributed by atoms with van der Waals surface area (Å²) in [6.07, 6.45) is 7.24. The first-order chi connectivity index (χ1) is 8.22. The predicted molar refractivity (Wildman–Crippen MR) is 65.9 cm³/mol. The molecule has 0 N–H and O–H groups in total. The van der Waals surface area contributed by atoms with Crippen LogP contribution in [-0.4, -0.2) is 0 Å². The van der Waals surface area contributed by atoms with Crippen molar-refractivity contribution in [2.75, 3.05) is 0 Å². The van der Waals surface area contributed by atoms with Crippen LogP contribution in [0.2, 0.25) is 0 Å². The average molecular weight is 220 g/mol. The lowest BCUT2D eigenvalue weighted by atomic mass is 9.71. The summed E-state index contributed by atoms with van der Waals surface area (Å²) < 4.78 is 0. The van der Waals surface area contributed by atoms with Crippen LogP contribution in [0.25, 0.3) is 0 Å². The molecule has 0 heterocycles. The van der Waals surface area contributed by atoms with Crippen molar-refractivity contribution in [1.82, 2.24) is 0 Å². The smallest absolute Gasteiger partial charge is 0.172 e. The first-order valence-electron chi connectivity index (χ1n) is 5.47. The zero-order valence-corrected chi connectivity index (χ0v) is 9.59. The molecule has 1 aliphatic rings. The number of rotatable bonds is 1. The highest BCUT2D eigenvalue weighted by Gasteiger charge is 2.37. The minimum Gasteiger partial charge on any atom is -0.196 e. The summed E-state index contributed by atoms with van der Waals surface area (Å²) >= 11 is 0. The number of nitriles is 2. The first kappa shape index (κ1) is 11.2. The molecule has 1 aromatic rings. The lowest BCUT2D eigenvalue weighted by Gasteiger charge is -2.26. The van der Waals surface area contributed by atoms with Crippen molar-refractivity contribution in [3.8, 4) is 12.1 Å². The van der Waals surface area contributed by atoms with Crippen molar-refractivity contribution < 1.29 is 0 Å². The quantitative estimate of drug-likeness (QED) is 0.729. The van der Waals surface area contributed by atoms with Crippen molar-refractivity contribution in [2.24, 2.45) is 5.41 Å². The SMILES string of the molecule is Cc1ccc(C2C=CC=CC2(C#N)C#N)cc1. The van der Waals surface area contributed by atoms with Crippen molar-refractivity contribution >= 4 is 0 Å². The van der Waals surface area contributed by atoms with Crippen molar-refractivity contribution in [3.05, 3.63) is 59.7 Å². The molecule has 0 aliphatic heterocycles. The molecule has 0 radical (unpaired) electrons. The van der Waals surface area contributed by atoms with Gasteiger partial charge in [-0.05, 0) is 18.6 Å². The Balaban J connectivity index is 2.48. The second kappa shape index (κ2) is 4.28. The largest absolute Gasteiger partial charge is 0.196 e. The van der Waals surface area contributed by atoms with Gasteiger partial charge in [-0.25, -0.2) is 0 Å². The van der Waals surface area contributed by atoms with Gasteiger partial charge in [0.15, 0.2) is 5.41 Å². The Hall–Kier alpha value is -2.32. The number of nitrogens with zero attached hydrogens (tertiary/aromatic N) is 2. The van der Waals surface area contributed by atoms with Crippen LogP contribution in [0.15, 0.2) is 48.6 Å². The van der Waals surface area contributed by atoms with Crippen molar-refractivity contribution in [3.63, 3.8) is 0 Å². The van der Waals surface area contributed by atoms with E-state index in [1.807, 2.05) is 43.3 Å². The zero-order chi connectivity index (χ0) is 12.3. The molecule has 0 spiro atoms. The van der Waals surface area contributed by atoms with Crippen molar-refractivity contribution in [2.45, 2.75) is 12.8 Å². The monoisotopic (exact) mass is 220 g/mol. The number of aryl methyl sites for hydroxylation is 1. The fraction of sp³-hybridized carbons (Fsp3) is 0.200. The normalized spacial score (nSPS) is 20.5. The molecule has 1 atom stereocenters. The molecule has 0 fully saturated rings. The highest BCUT2D eigenvalue weighted by Crippen LogP contribution is 2.39. The van der Waals surface area contributed by atoms with Gasteiger partial charge in [0, 0.05) is 5.92 Å². The first-order valence-corrected chi connectivity index (χ1v) is 5.47. The molecule has 1 aromatic carbocycles. The molecule has 0 amide bonds. The van der Waals surface area contributed by atoms with E-state index in [0.29, 0.717) is 0 Å². The van der Waals surface area contributed by atoms with Crippen LogP contribution in [0, 0.1) is 35.0 Å². The summed E-state index contributed by atoms with van der Waals surface area (Å²) in [4.78, 5) is 0. The maximum atomic E-state index is 9.27. The third-order valence-electron chi connectivity index (χ3n) is 3.07. The number of allylic oxidation sites excluding steroid dienone is 4. The van der Waals surface area contributed by atoms with Gasteiger partial charge in [-0.2, -0.15) is 10.5 Å². The maximum Gasteiger partial charge on any atom is 0.172 e. The van der Waals surface area contributed by atoms with Crippen LogP contribution in [0.5, 0.6) is 0 Å². The molecule has 0 saturated carbocycles. The lowest BCUT2D eigenvalue weighted by molar-refractivity contribution is 0.577. The van der Waals surface area contributed by atoms with E-state index in [-0.39, 0.29) is 5.92 Å². The molecule has 0 bridgehead atoms. The van der Waals surface area contributed by atoms with Gasteiger partial charge in [-0.3, -0.25) is 0 Å². The van der Waals surface area contributed by atoms with E-state index in [1.165, 1.54) is 5.56 Å². The summed E-state index contributed by atoms with van der Waals surface area (Å²) in [6, 6.07) is 12.2. The molecular weight excluding hydrogens is 208 g/mol. The molecular formula is C15H12N2. The van der Waals surface area contributed by atoms with Crippen LogP contribution >= 0.6 is 0 Å². The summed E-state index contributed by atoms with van der Waals surface area (Å²) in [5, 5.41) is 18.5. The maximum absolute atomic E-state index is 9.27. The standard InChI is InChI=1S/C15H12N2/c1-12-5-7-13(8-6-12)14-4-2-3-9-15(14,10-16)11-17/h2-9,14H,1H3. The Morgan fingerprint density at radius 3 is 2.29 bits per heavy atom. The Kier molecular flexibility index (Phi) is 2.81. The molecule has 2 rings (SSSR count). The fourth-order valence-corrected chi connectivity index (χ4v) is 2.02. The van der Waals surface area contributed by atoms with Gasteiger partial charge in [-0.15, -0.1) is 0 Å². The summed E-state index contributed by atoms with van der Waals surface area (Å²) in [5.74, 6) is -0.192. The number of hydrogen-bond donors (Lipinski definition) is 0. The molecule has 82 valence electrons. The number of benzene rings is 1. The van der Waals surface area contributed by atoms with Gasteiger partial charge in [0.25, 0.3) is 0 Å². The van der Waals surface area contributed by atoms with Crippen LogP contribution in [0.3, 0.4) is 0 Å². The lowest BCUT2D eigenvalue weighted by Crippen LogP contribution is -2.23. The minimum absolute atomic E-state index is 0.192. The Bertz CT molecular complexity index is 536. The van der Waals surface area contributed by atoms with E-state index in [0.717, 1.165) is 5.56 Å². The van der Waals surface area contributed by atoms with Crippen LogP contribution in [0.4, 0.5) is 0 Å². The molecule has 17 heavy (non-hydrogen) atoms. The van der Waals surface area contributed by atoms with Crippen molar-refractivity contribution in [1.29, 1.82) is 10.5 Å². The topological polar surface area (TPSA) is 47.6 Å². The predicted octanol–water partition coefficient (Wildman–Crippen LogP) is 3.24. The van der Waals surface area contributed by atoms with Gasteiger partial charge in [0.2, 0.25) is 0 Å². The molecule has 1 aliphatic carbocycles. The highest BCUT2D eigenvalue weighted by molar-refractivity contribution is 5.43. The second-order valence-corrected chi connectivity index (χ2v) is 4.22. The number of hydrogen-bond acceptors (Lipinski definition) is 2. The van der Waals surface area contributed by atoms with Gasteiger partial charge < -0.3 is 0 Å². The van der Waals surface area contributed by atoms with E-state index < -0.39 is 5.41 Å². The van der Waals surface area contributed by atoms with E-state index in [4.69, 9.17) is 0 Å². The van der Waals surface area contributed by atoms with Gasteiger partial charge >= 0.3 is 0 Å². The summed E-state index contributed by atoms with van der Waals surface area (Å²) in [5.41, 5.74) is 1.09. The Labute approximate surface area is 101 Å². The second-order valence-electron chi connectivity index (χ2n) is 4.22. The third kappa shape index (κ3) is 1.86. The highest BCUT2D eigenvalue weighted by atomic mass is 14.4. The van der Waals surface area contributed by atoms with E-state index in [9.17, 15) is 10.5 Å². The van der Waals surface area contributed by atoms with Crippen LogP contribution < -0.4 is 0 Å². The average Bonchev–Trinajstić information content (AvgIpc) is 2.39. The van der Waals surface area contributed by atoms with E-state index in [1.54, 1.807) is 12.2 Å². The van der Waals surface area contributed by atoms with Gasteiger partial charge in [0.1, 0.15) is 0 Å². The molecule has 0 aromatic heterocycles. The fourth-order valence-electron chi connectivity index (χ4n) is 2.02. The van der Waals surface area contributed by atoms with E-state index >= 15 is 0 Å². The van der Waals surface area contributed by atoms with E-state index in [2.05, 4.69) is 12.1 Å². The molecule has 0 saturated heterocycles. The van der Waals surface area contributed by atoms with Crippen LogP contribution in [-0.2, 0) is 0 Å². The van der Waals surface area contributed by atoms with Crippen LogP contribution in [0.1, 0.15) is 17.0 Å². The van der Waals surface area contributed by atoms with Gasteiger partial charge in [0.05, 0.1) is 12.1 Å². The zero-order valence-electron chi connectivity index (χ0n) is 9.59. The summed E-state index contributed by atoms with van der Waals surface area (Å²) in [7, 11) is 0.